The van der Waals surface area contributed by atoms with E-state index in [1.807, 2.05) is 56.1 Å². The number of hydrogen-bond donors (Lipinski definition) is 0. The van der Waals surface area contributed by atoms with Crippen LogP contribution in [-0.4, -0.2) is 37.1 Å². The summed E-state index contributed by atoms with van der Waals surface area (Å²) in [5, 5.41) is 0. The lowest BCUT2D eigenvalue weighted by molar-refractivity contribution is -0.139. The number of hydrogen-bond acceptors (Lipinski definition) is 5. The zero-order valence-electron chi connectivity index (χ0n) is 15.5. The second-order valence-corrected chi connectivity index (χ2v) is 5.84. The van der Waals surface area contributed by atoms with Crippen molar-refractivity contribution in [1.82, 2.24) is 4.90 Å². The summed E-state index contributed by atoms with van der Waals surface area (Å²) in [5.41, 5.74) is 3.37. The highest BCUT2D eigenvalue weighted by atomic mass is 16.5. The normalized spacial score (nSPS) is 15.5. The van der Waals surface area contributed by atoms with E-state index in [0.29, 0.717) is 11.1 Å². The molecule has 1 aliphatic rings. The molecule has 1 aromatic rings. The topological polar surface area (TPSA) is 55.8 Å². The highest BCUT2D eigenvalue weighted by Gasteiger charge is 2.39. The van der Waals surface area contributed by atoms with Gasteiger partial charge in [0.1, 0.15) is 0 Å². The van der Waals surface area contributed by atoms with E-state index in [0.717, 1.165) is 17.0 Å². The Morgan fingerprint density at radius 2 is 1.36 bits per heavy atom. The Morgan fingerprint density at radius 1 is 0.920 bits per heavy atom. The maximum Gasteiger partial charge on any atom is 0.336 e. The van der Waals surface area contributed by atoms with Crippen LogP contribution in [0.15, 0.2) is 52.9 Å². The molecular formula is C20H25NO4. The van der Waals surface area contributed by atoms with Gasteiger partial charge in [0.25, 0.3) is 0 Å². The van der Waals surface area contributed by atoms with Gasteiger partial charge in [-0.3, -0.25) is 0 Å². The number of carbonyl (C=O) groups excluding carboxylic acids is 2. The van der Waals surface area contributed by atoms with Crippen LogP contribution >= 0.6 is 0 Å². The van der Waals surface area contributed by atoms with E-state index >= 15 is 0 Å². The molecule has 0 N–H and O–H groups in total. The molecule has 0 atom stereocenters. The van der Waals surface area contributed by atoms with Crippen LogP contribution in [0, 0.1) is 0 Å². The van der Waals surface area contributed by atoms with Crippen LogP contribution in [0.5, 0.6) is 0 Å². The van der Waals surface area contributed by atoms with Crippen molar-refractivity contribution in [2.45, 2.75) is 33.6 Å². The van der Waals surface area contributed by atoms with E-state index in [4.69, 9.17) is 9.47 Å². The molecule has 2 rings (SSSR count). The molecule has 0 bridgehead atoms. The quantitative estimate of drug-likeness (QED) is 0.767. The molecule has 1 aromatic carbocycles. The maximum atomic E-state index is 12.7. The van der Waals surface area contributed by atoms with Gasteiger partial charge in [0, 0.05) is 18.4 Å². The van der Waals surface area contributed by atoms with Crippen LogP contribution in [0.25, 0.3) is 0 Å². The van der Waals surface area contributed by atoms with Crippen LogP contribution in [-0.2, 0) is 19.1 Å². The molecule has 134 valence electrons. The molecule has 1 aliphatic heterocycles. The molecular weight excluding hydrogens is 318 g/mol. The van der Waals surface area contributed by atoms with Gasteiger partial charge in [-0.25, -0.2) is 9.59 Å². The van der Waals surface area contributed by atoms with E-state index in [1.165, 1.54) is 0 Å². The number of carbonyl (C=O) groups is 2. The predicted octanol–water partition coefficient (Wildman–Crippen LogP) is 3.39. The minimum absolute atomic E-state index is 0.276. The van der Waals surface area contributed by atoms with Gasteiger partial charge in [0.05, 0.1) is 30.3 Å². The third-order valence-electron chi connectivity index (χ3n) is 4.49. The molecule has 0 aromatic heterocycles. The SMILES string of the molecule is CCOC(=O)C1=C(C)N(C)C(C)=C(C(=O)OCC)C1c1ccccc1. The van der Waals surface area contributed by atoms with Crippen molar-refractivity contribution in [3.63, 3.8) is 0 Å². The summed E-state index contributed by atoms with van der Waals surface area (Å²) >= 11 is 0. The van der Waals surface area contributed by atoms with Gasteiger partial charge in [-0.1, -0.05) is 30.3 Å². The van der Waals surface area contributed by atoms with E-state index in [-0.39, 0.29) is 13.2 Å². The standard InChI is InChI=1S/C20H25NO4/c1-6-24-19(22)16-13(3)21(5)14(4)17(20(23)25-7-2)18(16)15-11-9-8-10-12-15/h8-12,18H,6-7H2,1-5H3. The molecule has 0 aliphatic carbocycles. The summed E-state index contributed by atoms with van der Waals surface area (Å²) in [6.45, 7) is 7.83. The van der Waals surface area contributed by atoms with Gasteiger partial charge in [0.2, 0.25) is 0 Å². The van der Waals surface area contributed by atoms with Crippen molar-refractivity contribution in [3.05, 3.63) is 58.4 Å². The highest BCUT2D eigenvalue weighted by molar-refractivity contribution is 5.99. The molecule has 0 saturated carbocycles. The van der Waals surface area contributed by atoms with E-state index in [9.17, 15) is 9.59 Å². The number of ether oxygens (including phenoxy) is 2. The number of nitrogens with zero attached hydrogens (tertiary/aromatic N) is 1. The van der Waals surface area contributed by atoms with Gasteiger partial charge in [0.15, 0.2) is 0 Å². The van der Waals surface area contributed by atoms with Crippen LogP contribution in [0.2, 0.25) is 0 Å². The summed E-state index contributed by atoms with van der Waals surface area (Å²) < 4.78 is 10.6. The van der Waals surface area contributed by atoms with Crippen LogP contribution in [0.3, 0.4) is 0 Å². The lowest BCUT2D eigenvalue weighted by Crippen LogP contribution is -2.33. The predicted molar refractivity (Wildman–Crippen MR) is 95.6 cm³/mol. The first-order chi connectivity index (χ1) is 11.9. The average molecular weight is 343 g/mol. The van der Waals surface area contributed by atoms with Gasteiger partial charge < -0.3 is 14.4 Å². The van der Waals surface area contributed by atoms with Crippen molar-refractivity contribution in [2.75, 3.05) is 20.3 Å². The monoisotopic (exact) mass is 343 g/mol. The largest absolute Gasteiger partial charge is 0.463 e. The summed E-state index contributed by atoms with van der Waals surface area (Å²) in [5.74, 6) is -1.32. The summed E-state index contributed by atoms with van der Waals surface area (Å²) in [4.78, 5) is 27.2. The van der Waals surface area contributed by atoms with Crippen molar-refractivity contribution < 1.29 is 19.1 Å². The molecule has 0 fully saturated rings. The molecule has 0 radical (unpaired) electrons. The minimum atomic E-state index is -0.504. The second kappa shape index (κ2) is 8.01. The molecule has 1 heterocycles. The first kappa shape index (κ1) is 18.8. The fraction of sp³-hybridized carbons (Fsp3) is 0.400. The van der Waals surface area contributed by atoms with Crippen LogP contribution < -0.4 is 0 Å². The van der Waals surface area contributed by atoms with Gasteiger partial charge in [-0.05, 0) is 33.3 Å². The summed E-state index contributed by atoms with van der Waals surface area (Å²) in [7, 11) is 1.84. The molecule has 25 heavy (non-hydrogen) atoms. The molecule has 5 heteroatoms. The summed E-state index contributed by atoms with van der Waals surface area (Å²) in [6.07, 6.45) is 0. The second-order valence-electron chi connectivity index (χ2n) is 5.84. The molecule has 0 amide bonds. The van der Waals surface area contributed by atoms with E-state index in [1.54, 1.807) is 13.8 Å². The van der Waals surface area contributed by atoms with Gasteiger partial charge in [-0.15, -0.1) is 0 Å². The van der Waals surface area contributed by atoms with Crippen molar-refractivity contribution >= 4 is 11.9 Å². The Morgan fingerprint density at radius 3 is 1.76 bits per heavy atom. The Bertz CT molecular complexity index is 676. The van der Waals surface area contributed by atoms with Crippen LogP contribution in [0.1, 0.15) is 39.2 Å². The van der Waals surface area contributed by atoms with E-state index in [2.05, 4.69) is 0 Å². The fourth-order valence-electron chi connectivity index (χ4n) is 3.10. The maximum absolute atomic E-state index is 12.7. The average Bonchev–Trinajstić information content (AvgIpc) is 2.60. The zero-order valence-corrected chi connectivity index (χ0v) is 15.5. The minimum Gasteiger partial charge on any atom is -0.463 e. The number of esters is 2. The van der Waals surface area contributed by atoms with Gasteiger partial charge in [-0.2, -0.15) is 0 Å². The van der Waals surface area contributed by atoms with Crippen molar-refractivity contribution in [1.29, 1.82) is 0 Å². The van der Waals surface area contributed by atoms with E-state index < -0.39 is 17.9 Å². The molecule has 0 unspecified atom stereocenters. The smallest absolute Gasteiger partial charge is 0.336 e. The molecule has 0 saturated heterocycles. The van der Waals surface area contributed by atoms with Crippen molar-refractivity contribution in [3.8, 4) is 0 Å². The molecule has 0 spiro atoms. The Hall–Kier alpha value is -2.56. The lowest BCUT2D eigenvalue weighted by Gasteiger charge is -2.35. The molecule has 5 nitrogen and oxygen atoms in total. The third kappa shape index (κ3) is 3.60. The first-order valence-electron chi connectivity index (χ1n) is 8.48. The zero-order chi connectivity index (χ0) is 18.6. The highest BCUT2D eigenvalue weighted by Crippen LogP contribution is 2.42. The van der Waals surface area contributed by atoms with Crippen LogP contribution in [0.4, 0.5) is 0 Å². The van der Waals surface area contributed by atoms with Crippen molar-refractivity contribution in [2.24, 2.45) is 0 Å². The first-order valence-corrected chi connectivity index (χ1v) is 8.48. The Kier molecular flexibility index (Phi) is 6.02. The number of rotatable bonds is 5. The third-order valence-corrected chi connectivity index (χ3v) is 4.49. The Labute approximate surface area is 148 Å². The summed E-state index contributed by atoms with van der Waals surface area (Å²) in [6, 6.07) is 9.51. The number of benzene rings is 1. The fourth-order valence-corrected chi connectivity index (χ4v) is 3.10. The Balaban J connectivity index is 2.68. The lowest BCUT2D eigenvalue weighted by atomic mass is 9.80. The number of allylic oxidation sites excluding steroid dienone is 2. The van der Waals surface area contributed by atoms with Gasteiger partial charge >= 0.3 is 11.9 Å².